The van der Waals surface area contributed by atoms with Crippen molar-refractivity contribution < 1.29 is 18.3 Å². The zero-order valence-electron chi connectivity index (χ0n) is 11.1. The van der Waals surface area contributed by atoms with Crippen LogP contribution in [-0.2, 0) is 14.8 Å². The van der Waals surface area contributed by atoms with Crippen LogP contribution < -0.4 is 0 Å². The van der Waals surface area contributed by atoms with Gasteiger partial charge in [-0.3, -0.25) is 4.79 Å². The smallest absolute Gasteiger partial charge is 0.303 e. The molecule has 0 radical (unpaired) electrons. The zero-order chi connectivity index (χ0) is 13.8. The van der Waals surface area contributed by atoms with E-state index in [1.165, 1.54) is 4.31 Å². The molecule has 1 rings (SSSR count). The second kappa shape index (κ2) is 6.52. The van der Waals surface area contributed by atoms with Gasteiger partial charge >= 0.3 is 5.97 Å². The van der Waals surface area contributed by atoms with Gasteiger partial charge < -0.3 is 5.11 Å². The summed E-state index contributed by atoms with van der Waals surface area (Å²) in [5.41, 5.74) is 0. The summed E-state index contributed by atoms with van der Waals surface area (Å²) in [6.07, 6.45) is 2.15. The van der Waals surface area contributed by atoms with E-state index in [0.717, 1.165) is 0 Å². The van der Waals surface area contributed by atoms with E-state index < -0.39 is 16.0 Å². The maximum atomic E-state index is 12.0. The lowest BCUT2D eigenvalue weighted by Crippen LogP contribution is -2.40. The largest absolute Gasteiger partial charge is 0.481 e. The van der Waals surface area contributed by atoms with Crippen LogP contribution in [0.25, 0.3) is 0 Å². The summed E-state index contributed by atoms with van der Waals surface area (Å²) in [6, 6.07) is 0. The van der Waals surface area contributed by atoms with Crippen molar-refractivity contribution in [2.45, 2.75) is 39.5 Å². The van der Waals surface area contributed by atoms with Crippen molar-refractivity contribution >= 4 is 16.0 Å². The number of aliphatic carboxylic acids is 1. The third kappa shape index (κ3) is 4.94. The van der Waals surface area contributed by atoms with Crippen LogP contribution in [-0.4, -0.2) is 42.6 Å². The number of hydrogen-bond donors (Lipinski definition) is 1. The molecule has 0 saturated carbocycles. The van der Waals surface area contributed by atoms with E-state index in [-0.39, 0.29) is 18.1 Å². The Labute approximate surface area is 109 Å². The molecule has 1 heterocycles. The molecule has 18 heavy (non-hydrogen) atoms. The van der Waals surface area contributed by atoms with Gasteiger partial charge in [-0.05, 0) is 31.1 Å². The minimum absolute atomic E-state index is 0.124. The number of carbonyl (C=O) groups is 1. The predicted molar refractivity (Wildman–Crippen MR) is 69.8 cm³/mol. The van der Waals surface area contributed by atoms with E-state index in [0.29, 0.717) is 38.3 Å². The van der Waals surface area contributed by atoms with Crippen LogP contribution in [0.15, 0.2) is 0 Å². The lowest BCUT2D eigenvalue weighted by Gasteiger charge is -2.30. The number of carboxylic acid groups (broad SMARTS) is 1. The number of nitrogens with zero attached hydrogens (tertiary/aromatic N) is 1. The van der Waals surface area contributed by atoms with Crippen molar-refractivity contribution in [1.82, 2.24) is 4.31 Å². The van der Waals surface area contributed by atoms with Crippen LogP contribution in [0.5, 0.6) is 0 Å². The molecule has 1 saturated heterocycles. The predicted octanol–water partition coefficient (Wildman–Crippen LogP) is 1.55. The molecule has 0 aromatic rings. The van der Waals surface area contributed by atoms with Crippen LogP contribution in [0.2, 0.25) is 0 Å². The normalized spacial score (nSPS) is 19.3. The first-order valence-electron chi connectivity index (χ1n) is 6.51. The highest BCUT2D eigenvalue weighted by atomic mass is 32.2. The van der Waals surface area contributed by atoms with Gasteiger partial charge in [0.25, 0.3) is 0 Å². The van der Waals surface area contributed by atoms with E-state index in [1.54, 1.807) is 0 Å². The van der Waals surface area contributed by atoms with Crippen LogP contribution in [0.4, 0.5) is 0 Å². The molecule has 5 nitrogen and oxygen atoms in total. The summed E-state index contributed by atoms with van der Waals surface area (Å²) < 4.78 is 25.6. The SMILES string of the molecule is CC(C)CCS(=O)(=O)N1CCC(CC(=O)O)CC1. The third-order valence-electron chi connectivity index (χ3n) is 3.38. The Morgan fingerprint density at radius 2 is 1.89 bits per heavy atom. The molecule has 1 N–H and O–H groups in total. The number of carboxylic acids is 1. The average molecular weight is 277 g/mol. The van der Waals surface area contributed by atoms with Gasteiger partial charge in [0.05, 0.1) is 5.75 Å². The first kappa shape index (κ1) is 15.4. The van der Waals surface area contributed by atoms with Gasteiger partial charge in [-0.2, -0.15) is 0 Å². The van der Waals surface area contributed by atoms with Gasteiger partial charge in [0.15, 0.2) is 0 Å². The monoisotopic (exact) mass is 277 g/mol. The lowest BCUT2D eigenvalue weighted by atomic mass is 9.95. The standard InChI is InChI=1S/C12H23NO4S/c1-10(2)5-8-18(16,17)13-6-3-11(4-7-13)9-12(14)15/h10-11H,3-9H2,1-2H3,(H,14,15). The fraction of sp³-hybridized carbons (Fsp3) is 0.917. The Hall–Kier alpha value is -0.620. The molecule has 0 bridgehead atoms. The van der Waals surface area contributed by atoms with Gasteiger partial charge in [-0.15, -0.1) is 0 Å². The van der Waals surface area contributed by atoms with Gasteiger partial charge in [0.2, 0.25) is 10.0 Å². The maximum absolute atomic E-state index is 12.0. The summed E-state index contributed by atoms with van der Waals surface area (Å²) in [4.78, 5) is 10.6. The fourth-order valence-electron chi connectivity index (χ4n) is 2.15. The Kier molecular flexibility index (Phi) is 5.59. The number of sulfonamides is 1. The minimum Gasteiger partial charge on any atom is -0.481 e. The molecule has 0 amide bonds. The Morgan fingerprint density at radius 3 is 2.33 bits per heavy atom. The van der Waals surface area contributed by atoms with Crippen molar-refractivity contribution in [3.63, 3.8) is 0 Å². The maximum Gasteiger partial charge on any atom is 0.303 e. The summed E-state index contributed by atoms with van der Waals surface area (Å²) in [5.74, 6) is -0.0895. The van der Waals surface area contributed by atoms with Crippen molar-refractivity contribution in [2.75, 3.05) is 18.8 Å². The fourth-order valence-corrected chi connectivity index (χ4v) is 3.95. The molecule has 1 aliphatic heterocycles. The number of hydrogen-bond acceptors (Lipinski definition) is 3. The van der Waals surface area contributed by atoms with Crippen molar-refractivity contribution in [2.24, 2.45) is 11.8 Å². The number of rotatable bonds is 6. The third-order valence-corrected chi connectivity index (χ3v) is 5.29. The molecule has 1 aliphatic rings. The van der Waals surface area contributed by atoms with Crippen molar-refractivity contribution in [1.29, 1.82) is 0 Å². The molecule has 0 unspecified atom stereocenters. The van der Waals surface area contributed by atoms with E-state index in [2.05, 4.69) is 0 Å². The minimum atomic E-state index is -3.14. The van der Waals surface area contributed by atoms with Crippen LogP contribution in [0.1, 0.15) is 39.5 Å². The van der Waals surface area contributed by atoms with E-state index in [4.69, 9.17) is 5.11 Å². The Balaban J connectivity index is 2.44. The van der Waals surface area contributed by atoms with E-state index >= 15 is 0 Å². The molecule has 0 aliphatic carbocycles. The van der Waals surface area contributed by atoms with Crippen LogP contribution >= 0.6 is 0 Å². The summed E-state index contributed by atoms with van der Waals surface area (Å²) in [5, 5.41) is 8.70. The second-order valence-electron chi connectivity index (χ2n) is 5.44. The molecular weight excluding hydrogens is 254 g/mol. The van der Waals surface area contributed by atoms with Gasteiger partial charge in [-0.25, -0.2) is 12.7 Å². The molecule has 0 aromatic carbocycles. The van der Waals surface area contributed by atoms with Crippen LogP contribution in [0, 0.1) is 11.8 Å². The van der Waals surface area contributed by atoms with Crippen molar-refractivity contribution in [3.05, 3.63) is 0 Å². The Bertz CT molecular complexity index is 370. The quantitative estimate of drug-likeness (QED) is 0.799. The average Bonchev–Trinajstić information content (AvgIpc) is 2.26. The molecular formula is C12H23NO4S. The molecule has 0 spiro atoms. The molecule has 6 heteroatoms. The molecule has 0 atom stereocenters. The Morgan fingerprint density at radius 1 is 1.33 bits per heavy atom. The highest BCUT2D eigenvalue weighted by molar-refractivity contribution is 7.89. The number of piperidine rings is 1. The summed E-state index contributed by atoms with van der Waals surface area (Å²) >= 11 is 0. The van der Waals surface area contributed by atoms with Crippen LogP contribution in [0.3, 0.4) is 0 Å². The topological polar surface area (TPSA) is 74.7 Å². The highest BCUT2D eigenvalue weighted by Crippen LogP contribution is 2.23. The van der Waals surface area contributed by atoms with Gasteiger partial charge in [0.1, 0.15) is 0 Å². The summed E-state index contributed by atoms with van der Waals surface area (Å²) in [7, 11) is -3.14. The zero-order valence-corrected chi connectivity index (χ0v) is 11.9. The van der Waals surface area contributed by atoms with E-state index in [9.17, 15) is 13.2 Å². The van der Waals surface area contributed by atoms with Gasteiger partial charge in [0, 0.05) is 19.5 Å². The molecule has 0 aromatic heterocycles. The van der Waals surface area contributed by atoms with Crippen molar-refractivity contribution in [3.8, 4) is 0 Å². The highest BCUT2D eigenvalue weighted by Gasteiger charge is 2.28. The molecule has 1 fully saturated rings. The van der Waals surface area contributed by atoms with Gasteiger partial charge in [-0.1, -0.05) is 13.8 Å². The second-order valence-corrected chi connectivity index (χ2v) is 7.53. The summed E-state index contributed by atoms with van der Waals surface area (Å²) in [6.45, 7) is 4.96. The lowest BCUT2D eigenvalue weighted by molar-refractivity contribution is -0.138. The first-order chi connectivity index (χ1) is 8.31. The van der Waals surface area contributed by atoms with E-state index in [1.807, 2.05) is 13.8 Å². The first-order valence-corrected chi connectivity index (χ1v) is 8.12. The molecule has 106 valence electrons.